The number of hydrogen-bond donors (Lipinski definition) is 1. The van der Waals surface area contributed by atoms with Crippen molar-refractivity contribution in [2.24, 2.45) is 5.92 Å². The molecule has 0 spiro atoms. The minimum absolute atomic E-state index is 0.0809. The first kappa shape index (κ1) is 51.9. The van der Waals surface area contributed by atoms with E-state index in [0.717, 1.165) is 38.5 Å². The molecule has 0 aliphatic rings. The van der Waals surface area contributed by atoms with Crippen LogP contribution in [0, 0.1) is 5.92 Å². The van der Waals surface area contributed by atoms with Gasteiger partial charge in [-0.15, -0.1) is 0 Å². The van der Waals surface area contributed by atoms with Crippen molar-refractivity contribution >= 4 is 23.9 Å². The van der Waals surface area contributed by atoms with Crippen LogP contribution in [0.5, 0.6) is 0 Å². The summed E-state index contributed by atoms with van der Waals surface area (Å²) < 4.78 is 15.9. The first-order valence-electron chi connectivity index (χ1n) is 23.1. The number of carbonyl (C=O) groups is 4. The average molecular weight is 767 g/mol. The Labute approximate surface area is 332 Å². The predicted molar refractivity (Wildman–Crippen MR) is 221 cm³/mol. The molecule has 0 aromatic carbocycles. The molecule has 8 nitrogen and oxygen atoms in total. The van der Waals surface area contributed by atoms with Crippen LogP contribution in [0.15, 0.2) is 0 Å². The predicted octanol–water partition coefficient (Wildman–Crippen LogP) is 13.7. The van der Waals surface area contributed by atoms with Gasteiger partial charge >= 0.3 is 23.9 Å². The van der Waals surface area contributed by atoms with Crippen molar-refractivity contribution in [3.05, 3.63) is 0 Å². The number of aliphatic carboxylic acids is 1. The molecule has 0 saturated carbocycles. The van der Waals surface area contributed by atoms with Crippen LogP contribution in [0.3, 0.4) is 0 Å². The van der Waals surface area contributed by atoms with Gasteiger partial charge in [-0.1, -0.05) is 206 Å². The van der Waals surface area contributed by atoms with Gasteiger partial charge in [-0.3, -0.25) is 19.2 Å². The molecule has 0 aromatic rings. The third kappa shape index (κ3) is 39.6. The quantitative estimate of drug-likeness (QED) is 0.0370. The van der Waals surface area contributed by atoms with Gasteiger partial charge in [-0.05, 0) is 25.7 Å². The van der Waals surface area contributed by atoms with E-state index < -0.39 is 24.6 Å². The largest absolute Gasteiger partial charge is 0.481 e. The molecule has 54 heavy (non-hydrogen) atoms. The van der Waals surface area contributed by atoms with Crippen molar-refractivity contribution in [3.8, 4) is 0 Å². The van der Waals surface area contributed by atoms with Crippen LogP contribution in [0.4, 0.5) is 0 Å². The van der Waals surface area contributed by atoms with Gasteiger partial charge in [0.2, 0.25) is 6.79 Å². The van der Waals surface area contributed by atoms with Crippen molar-refractivity contribution in [2.45, 2.75) is 251 Å². The maximum Gasteiger partial charge on any atom is 0.315 e. The Hall–Kier alpha value is -2.12. The van der Waals surface area contributed by atoms with Gasteiger partial charge in [-0.2, -0.15) is 0 Å². The number of hydrogen-bond acceptors (Lipinski definition) is 7. The van der Waals surface area contributed by atoms with Gasteiger partial charge in [0, 0.05) is 19.3 Å². The van der Waals surface area contributed by atoms with E-state index in [-0.39, 0.29) is 25.0 Å². The van der Waals surface area contributed by atoms with E-state index in [1.165, 1.54) is 154 Å². The maximum absolute atomic E-state index is 12.8. The summed E-state index contributed by atoms with van der Waals surface area (Å²) in [5.74, 6) is -2.77. The number of carbonyl (C=O) groups excluding carboxylic acids is 3. The molecule has 0 aromatic heterocycles. The summed E-state index contributed by atoms with van der Waals surface area (Å²) in [6, 6.07) is 0. The molecule has 1 unspecified atom stereocenters. The maximum atomic E-state index is 12.8. The van der Waals surface area contributed by atoms with Gasteiger partial charge in [-0.25, -0.2) is 0 Å². The summed E-state index contributed by atoms with van der Waals surface area (Å²) in [5, 5.41) is 8.89. The van der Waals surface area contributed by atoms with E-state index in [1.54, 1.807) is 0 Å². The Morgan fingerprint density at radius 2 is 0.704 bits per heavy atom. The highest BCUT2D eigenvalue weighted by molar-refractivity contribution is 5.74. The molecule has 0 aliphatic carbocycles. The summed E-state index contributed by atoms with van der Waals surface area (Å²) in [7, 11) is 0. The lowest BCUT2D eigenvalue weighted by atomic mass is 10.0. The van der Waals surface area contributed by atoms with Gasteiger partial charge in [0.1, 0.15) is 6.61 Å². The lowest BCUT2D eigenvalue weighted by Crippen LogP contribution is -2.26. The molecule has 0 fully saturated rings. The highest BCUT2D eigenvalue weighted by atomic mass is 16.7. The van der Waals surface area contributed by atoms with Crippen molar-refractivity contribution in [3.63, 3.8) is 0 Å². The first-order valence-corrected chi connectivity index (χ1v) is 23.1. The summed E-state index contributed by atoms with van der Waals surface area (Å²) in [6.07, 6.45) is 40.7. The van der Waals surface area contributed by atoms with Crippen LogP contribution in [-0.2, 0) is 33.4 Å². The molecule has 318 valence electrons. The first-order chi connectivity index (χ1) is 26.4. The van der Waals surface area contributed by atoms with Crippen molar-refractivity contribution in [1.82, 2.24) is 0 Å². The van der Waals surface area contributed by atoms with Crippen LogP contribution in [0.25, 0.3) is 0 Å². The molecule has 0 bridgehead atoms. The Balaban J connectivity index is 4.05. The lowest BCUT2D eigenvalue weighted by Gasteiger charge is -2.16. The molecule has 1 N–H and O–H groups in total. The molecule has 0 radical (unpaired) electrons. The number of carboxylic acids is 1. The third-order valence-corrected chi connectivity index (χ3v) is 10.6. The fourth-order valence-electron chi connectivity index (χ4n) is 7.00. The number of unbranched alkanes of at least 4 members (excludes halogenated alkanes) is 30. The molecule has 0 heterocycles. The Bertz CT molecular complexity index is 860. The molecule has 0 saturated heterocycles. The molecule has 0 rings (SSSR count). The van der Waals surface area contributed by atoms with E-state index in [1.807, 2.05) is 0 Å². The van der Waals surface area contributed by atoms with Crippen LogP contribution in [-0.4, -0.2) is 42.4 Å². The number of carboxylic acid groups (broad SMARTS) is 1. The molecule has 8 heteroatoms. The van der Waals surface area contributed by atoms with Crippen LogP contribution >= 0.6 is 0 Å². The normalized spacial score (nSPS) is 11.7. The second-order valence-electron chi connectivity index (χ2n) is 15.9. The van der Waals surface area contributed by atoms with Gasteiger partial charge < -0.3 is 19.3 Å². The highest BCUT2D eigenvalue weighted by Gasteiger charge is 2.22. The molecule has 1 atom stereocenters. The van der Waals surface area contributed by atoms with Gasteiger partial charge in [0.25, 0.3) is 0 Å². The highest BCUT2D eigenvalue weighted by Crippen LogP contribution is 2.17. The second-order valence-corrected chi connectivity index (χ2v) is 15.9. The average Bonchev–Trinajstić information content (AvgIpc) is 3.15. The second kappa shape index (κ2) is 42.0. The molecule has 0 aliphatic heterocycles. The minimum Gasteiger partial charge on any atom is -0.481 e. The fourth-order valence-corrected chi connectivity index (χ4v) is 7.00. The number of rotatable bonds is 43. The number of esters is 3. The van der Waals surface area contributed by atoms with Crippen LogP contribution in [0.1, 0.15) is 251 Å². The van der Waals surface area contributed by atoms with Gasteiger partial charge in [0.15, 0.2) is 0 Å². The Morgan fingerprint density at radius 3 is 1.07 bits per heavy atom. The fraction of sp³-hybridized carbons (Fsp3) is 0.913. The number of ether oxygens (including phenoxy) is 3. The van der Waals surface area contributed by atoms with E-state index in [2.05, 4.69) is 13.8 Å². The zero-order valence-corrected chi connectivity index (χ0v) is 35.5. The SMILES string of the molecule is CCCCCCCCCCCCCCCCCC(=O)OCOC(=O)C(CCCCCC(=O)O)COC(=O)CCCCCCCCCCCCCCCCC. The van der Waals surface area contributed by atoms with E-state index in [9.17, 15) is 19.2 Å². The lowest BCUT2D eigenvalue weighted by molar-refractivity contribution is -0.172. The summed E-state index contributed by atoms with van der Waals surface area (Å²) in [6.45, 7) is 3.99. The zero-order valence-electron chi connectivity index (χ0n) is 35.5. The zero-order chi connectivity index (χ0) is 39.6. The van der Waals surface area contributed by atoms with Crippen LogP contribution in [0.2, 0.25) is 0 Å². The smallest absolute Gasteiger partial charge is 0.315 e. The van der Waals surface area contributed by atoms with Crippen molar-refractivity contribution in [2.75, 3.05) is 13.4 Å². The Morgan fingerprint density at radius 1 is 0.389 bits per heavy atom. The summed E-state index contributed by atoms with van der Waals surface area (Å²) in [4.78, 5) is 48.3. The van der Waals surface area contributed by atoms with E-state index >= 15 is 0 Å². The van der Waals surface area contributed by atoms with Crippen molar-refractivity contribution < 1.29 is 38.5 Å². The summed E-state index contributed by atoms with van der Waals surface area (Å²) in [5.41, 5.74) is 0. The molecule has 0 amide bonds. The molecular weight excluding hydrogens is 680 g/mol. The van der Waals surface area contributed by atoms with E-state index in [0.29, 0.717) is 38.5 Å². The van der Waals surface area contributed by atoms with Crippen molar-refractivity contribution in [1.29, 1.82) is 0 Å². The standard InChI is InChI=1S/C46H86O8/c1-3-5-7-9-11-13-15-17-19-21-23-25-27-29-34-38-44(49)52-40-42(36-32-31-33-37-43(47)48)46(51)54-41-53-45(50)39-35-30-28-26-24-22-20-18-16-14-12-10-8-6-4-2/h42H,3-41H2,1-2H3,(H,47,48). The summed E-state index contributed by atoms with van der Waals surface area (Å²) >= 11 is 0. The topological polar surface area (TPSA) is 116 Å². The third-order valence-electron chi connectivity index (χ3n) is 10.6. The van der Waals surface area contributed by atoms with Crippen LogP contribution < -0.4 is 0 Å². The van der Waals surface area contributed by atoms with Gasteiger partial charge in [0.05, 0.1) is 5.92 Å². The Kier molecular flexibility index (Phi) is 40.4. The minimum atomic E-state index is -0.843. The monoisotopic (exact) mass is 767 g/mol. The van der Waals surface area contributed by atoms with E-state index in [4.69, 9.17) is 19.3 Å². The molecular formula is C46H86O8.